The van der Waals surface area contributed by atoms with Crippen LogP contribution in [-0.4, -0.2) is 55.2 Å². The molecule has 3 aromatic carbocycles. The Labute approximate surface area is 204 Å². The Balaban J connectivity index is 1.37. The fraction of sp³-hybridized carbons (Fsp3) is 0.259. The summed E-state index contributed by atoms with van der Waals surface area (Å²) in [6.45, 7) is 6.09. The second-order valence-electron chi connectivity index (χ2n) is 9.16. The monoisotopic (exact) mass is 491 g/mol. The van der Waals surface area contributed by atoms with Crippen molar-refractivity contribution in [2.24, 2.45) is 0 Å². The molecule has 8 heteroatoms. The van der Waals surface area contributed by atoms with E-state index in [2.05, 4.69) is 21.9 Å². The first-order valence-electron chi connectivity index (χ1n) is 11.7. The van der Waals surface area contributed by atoms with Crippen molar-refractivity contribution in [3.05, 3.63) is 89.9 Å². The van der Waals surface area contributed by atoms with Crippen molar-refractivity contribution in [2.45, 2.75) is 18.0 Å². The minimum atomic E-state index is -3.88. The maximum absolute atomic E-state index is 14.2. The van der Waals surface area contributed by atoms with Gasteiger partial charge >= 0.3 is 0 Å². The van der Waals surface area contributed by atoms with E-state index in [0.29, 0.717) is 10.9 Å². The molecule has 2 aliphatic heterocycles. The predicted molar refractivity (Wildman–Crippen MR) is 133 cm³/mol. The molecule has 1 fully saturated rings. The second kappa shape index (κ2) is 8.87. The number of benzene rings is 3. The molecule has 2 aliphatic rings. The Hall–Kier alpha value is -3.04. The van der Waals surface area contributed by atoms with E-state index in [1.165, 1.54) is 27.2 Å². The molecule has 35 heavy (non-hydrogen) atoms. The van der Waals surface area contributed by atoms with E-state index in [0.717, 1.165) is 57.2 Å². The van der Waals surface area contributed by atoms with Crippen molar-refractivity contribution < 1.29 is 17.5 Å². The maximum Gasteiger partial charge on any atom is 0.268 e. The smallest absolute Gasteiger partial charge is 0.268 e. The normalized spacial score (nSPS) is 17.2. The van der Waals surface area contributed by atoms with E-state index in [9.17, 15) is 12.8 Å². The average molecular weight is 492 g/mol. The van der Waals surface area contributed by atoms with E-state index < -0.39 is 15.8 Å². The van der Waals surface area contributed by atoms with Gasteiger partial charge in [-0.05, 0) is 53.1 Å². The first-order valence-corrected chi connectivity index (χ1v) is 13.2. The molecule has 1 aromatic heterocycles. The fourth-order valence-corrected chi connectivity index (χ4v) is 6.45. The van der Waals surface area contributed by atoms with Crippen molar-refractivity contribution in [1.29, 1.82) is 0 Å². The van der Waals surface area contributed by atoms with Gasteiger partial charge in [0.1, 0.15) is 5.82 Å². The van der Waals surface area contributed by atoms with E-state index in [4.69, 9.17) is 4.74 Å². The Morgan fingerprint density at radius 2 is 1.63 bits per heavy atom. The molecule has 0 bridgehead atoms. The van der Waals surface area contributed by atoms with Crippen LogP contribution in [0.5, 0.6) is 0 Å². The van der Waals surface area contributed by atoms with Crippen molar-refractivity contribution in [1.82, 2.24) is 13.8 Å². The highest BCUT2D eigenvalue weighted by atomic mass is 32.2. The molecule has 180 valence electrons. The summed E-state index contributed by atoms with van der Waals surface area (Å²) in [6, 6.07) is 18.9. The van der Waals surface area contributed by atoms with Crippen LogP contribution in [0.25, 0.3) is 22.0 Å². The summed E-state index contributed by atoms with van der Waals surface area (Å²) in [4.78, 5) is 4.99. The predicted octanol–water partition coefficient (Wildman–Crippen LogP) is 4.29. The van der Waals surface area contributed by atoms with Crippen LogP contribution in [0.1, 0.15) is 11.1 Å². The standard InChI is InChI=1S/C27H26FN3O3S/c28-23-8-9-25-26(18-31(27(25)15-23)35(32,33)24-4-2-1-3-5-24)20-6-7-21-16-30(17-22(21)14-20)19-29-10-12-34-13-11-29/h1-9,14-15,18H,10-13,16-17,19H2. The van der Waals surface area contributed by atoms with Crippen LogP contribution >= 0.6 is 0 Å². The summed E-state index contributed by atoms with van der Waals surface area (Å²) in [5, 5.41) is 0.703. The van der Waals surface area contributed by atoms with Crippen LogP contribution in [0, 0.1) is 5.82 Å². The highest BCUT2D eigenvalue weighted by Gasteiger charge is 2.25. The number of hydrogen-bond donors (Lipinski definition) is 0. The van der Waals surface area contributed by atoms with Gasteiger partial charge in [0.15, 0.2) is 0 Å². The van der Waals surface area contributed by atoms with E-state index in [1.54, 1.807) is 42.6 Å². The van der Waals surface area contributed by atoms with E-state index >= 15 is 0 Å². The third-order valence-electron chi connectivity index (χ3n) is 6.84. The van der Waals surface area contributed by atoms with Gasteiger partial charge in [-0.1, -0.05) is 30.3 Å². The number of aromatic nitrogens is 1. The van der Waals surface area contributed by atoms with Crippen LogP contribution in [0.4, 0.5) is 4.39 Å². The molecule has 0 amide bonds. The van der Waals surface area contributed by atoms with Gasteiger partial charge in [-0.25, -0.2) is 16.8 Å². The molecule has 3 heterocycles. The minimum absolute atomic E-state index is 0.167. The van der Waals surface area contributed by atoms with Gasteiger partial charge < -0.3 is 4.74 Å². The molecular weight excluding hydrogens is 465 g/mol. The van der Waals surface area contributed by atoms with Crippen LogP contribution in [0.3, 0.4) is 0 Å². The zero-order valence-corrected chi connectivity index (χ0v) is 20.0. The summed E-state index contributed by atoms with van der Waals surface area (Å²) in [6.07, 6.45) is 1.62. The third-order valence-corrected chi connectivity index (χ3v) is 8.53. The first kappa shape index (κ1) is 22.4. The number of rotatable bonds is 5. The summed E-state index contributed by atoms with van der Waals surface area (Å²) >= 11 is 0. The lowest BCUT2D eigenvalue weighted by atomic mass is 10.0. The Morgan fingerprint density at radius 3 is 2.43 bits per heavy atom. The van der Waals surface area contributed by atoms with Gasteiger partial charge in [0.25, 0.3) is 10.0 Å². The molecule has 0 atom stereocenters. The van der Waals surface area contributed by atoms with Gasteiger partial charge in [-0.15, -0.1) is 0 Å². The largest absolute Gasteiger partial charge is 0.379 e. The van der Waals surface area contributed by atoms with Crippen LogP contribution in [0.2, 0.25) is 0 Å². The van der Waals surface area contributed by atoms with Crippen molar-refractivity contribution in [3.8, 4) is 11.1 Å². The van der Waals surface area contributed by atoms with Crippen LogP contribution < -0.4 is 0 Å². The van der Waals surface area contributed by atoms with Gasteiger partial charge in [0.05, 0.1) is 30.3 Å². The third kappa shape index (κ3) is 4.16. The molecule has 0 radical (unpaired) electrons. The second-order valence-corrected chi connectivity index (χ2v) is 11.0. The van der Waals surface area contributed by atoms with Crippen LogP contribution in [-0.2, 0) is 27.8 Å². The molecule has 0 saturated carbocycles. The zero-order valence-electron chi connectivity index (χ0n) is 19.2. The Morgan fingerprint density at radius 1 is 0.857 bits per heavy atom. The lowest BCUT2D eigenvalue weighted by Crippen LogP contribution is -2.42. The molecule has 0 spiro atoms. The minimum Gasteiger partial charge on any atom is -0.379 e. The van der Waals surface area contributed by atoms with Crippen molar-refractivity contribution in [2.75, 3.05) is 33.0 Å². The van der Waals surface area contributed by atoms with Crippen molar-refractivity contribution in [3.63, 3.8) is 0 Å². The maximum atomic E-state index is 14.2. The summed E-state index contributed by atoms with van der Waals surface area (Å²) < 4.78 is 47.8. The number of nitrogens with zero attached hydrogens (tertiary/aromatic N) is 3. The lowest BCUT2D eigenvalue weighted by molar-refractivity contribution is 0.00893. The molecule has 4 aromatic rings. The summed E-state index contributed by atoms with van der Waals surface area (Å²) in [5.41, 5.74) is 4.56. The topological polar surface area (TPSA) is 54.8 Å². The highest BCUT2D eigenvalue weighted by Crippen LogP contribution is 2.36. The number of morpholine rings is 1. The Bertz CT molecular complexity index is 1500. The number of halogens is 1. The van der Waals surface area contributed by atoms with Gasteiger partial charge in [0.2, 0.25) is 0 Å². The Kier molecular flexibility index (Phi) is 5.69. The lowest BCUT2D eigenvalue weighted by Gasteiger charge is -2.30. The molecular formula is C27H26FN3O3S. The summed E-state index contributed by atoms with van der Waals surface area (Å²) in [5.74, 6) is -0.473. The van der Waals surface area contributed by atoms with Gasteiger partial charge in [-0.2, -0.15) is 0 Å². The molecule has 6 nitrogen and oxygen atoms in total. The molecule has 1 saturated heterocycles. The van der Waals surface area contributed by atoms with Crippen LogP contribution in [0.15, 0.2) is 77.8 Å². The molecule has 6 rings (SSSR count). The fourth-order valence-electron chi connectivity index (χ4n) is 5.06. The SMILES string of the molecule is O=S(=O)(c1ccccc1)n1cc(-c2ccc3c(c2)CN(CN2CCOCC2)C3)c2ccc(F)cc21. The average Bonchev–Trinajstić information content (AvgIpc) is 3.45. The van der Waals surface area contributed by atoms with E-state index in [-0.39, 0.29) is 4.90 Å². The summed E-state index contributed by atoms with van der Waals surface area (Å²) in [7, 11) is -3.88. The van der Waals surface area contributed by atoms with Crippen molar-refractivity contribution >= 4 is 20.9 Å². The molecule has 0 aliphatic carbocycles. The first-order chi connectivity index (χ1) is 17.0. The number of ether oxygens (including phenoxy) is 1. The number of hydrogen-bond acceptors (Lipinski definition) is 5. The zero-order chi connectivity index (χ0) is 24.0. The van der Waals surface area contributed by atoms with Gasteiger partial charge in [-0.3, -0.25) is 9.80 Å². The van der Waals surface area contributed by atoms with E-state index in [1.807, 2.05) is 6.07 Å². The number of fused-ring (bicyclic) bond motifs is 2. The molecule has 0 unspecified atom stereocenters. The quantitative estimate of drug-likeness (QED) is 0.417. The van der Waals surface area contributed by atoms with Gasteiger partial charge in [0, 0.05) is 43.3 Å². The molecule has 0 N–H and O–H groups in total. The highest BCUT2D eigenvalue weighted by molar-refractivity contribution is 7.90.